The van der Waals surface area contributed by atoms with Crippen LogP contribution in [-0.4, -0.2) is 13.8 Å². The first kappa shape index (κ1) is 9.32. The molecule has 0 heterocycles. The molecule has 0 aromatic heterocycles. The van der Waals surface area contributed by atoms with Crippen molar-refractivity contribution in [3.63, 3.8) is 0 Å². The maximum atomic E-state index is 11.0. The summed E-state index contributed by atoms with van der Waals surface area (Å²) in [7, 11) is 2.05. The van der Waals surface area contributed by atoms with Gasteiger partial charge in [0.05, 0.1) is 0 Å². The van der Waals surface area contributed by atoms with Crippen molar-refractivity contribution < 1.29 is 4.79 Å². The number of nitrogens with one attached hydrogen (secondary N) is 1. The molecule has 1 aliphatic carbocycles. The van der Waals surface area contributed by atoms with E-state index >= 15 is 0 Å². The molecule has 1 amide bonds. The lowest BCUT2D eigenvalue weighted by molar-refractivity contribution is -0.114. The largest absolute Gasteiger partial charge is 0.327 e. The average Bonchev–Trinajstić information content (AvgIpc) is 2.51. The Balaban J connectivity index is 2.37. The Morgan fingerprint density at radius 3 is 2.64 bits per heavy atom. The predicted octanol–water partition coefficient (Wildman–Crippen LogP) is 0.392. The molecule has 0 radical (unpaired) electrons. The van der Waals surface area contributed by atoms with E-state index in [-0.39, 0.29) is 5.91 Å². The molecule has 2 rings (SSSR count). The summed E-state index contributed by atoms with van der Waals surface area (Å²) >= 11 is 0. The summed E-state index contributed by atoms with van der Waals surface area (Å²) in [6.07, 6.45) is 3.59. The minimum absolute atomic E-state index is 0.00560. The molecule has 0 unspecified atom stereocenters. The zero-order valence-corrected chi connectivity index (χ0v) is 8.68. The van der Waals surface area contributed by atoms with Gasteiger partial charge in [-0.05, 0) is 36.5 Å². The summed E-state index contributed by atoms with van der Waals surface area (Å²) in [4.78, 5) is 11.0. The number of aryl methyl sites for hydroxylation is 2. The van der Waals surface area contributed by atoms with Crippen LogP contribution in [0.2, 0.25) is 0 Å². The topological polar surface area (TPSA) is 29.1 Å². The first-order valence-electron chi connectivity index (χ1n) is 5.07. The van der Waals surface area contributed by atoms with E-state index in [0.717, 1.165) is 12.1 Å². The normalized spacial score (nSPS) is 13.8. The van der Waals surface area contributed by atoms with Crippen LogP contribution in [0, 0.1) is 0 Å². The third-order valence-electron chi connectivity index (χ3n) is 2.75. The van der Waals surface area contributed by atoms with Gasteiger partial charge >= 0.3 is 0 Å². The van der Waals surface area contributed by atoms with Gasteiger partial charge in [0, 0.05) is 12.6 Å². The monoisotopic (exact) mass is 187 g/mol. The molecule has 1 aromatic carbocycles. The highest BCUT2D eigenvalue weighted by Crippen LogP contribution is 2.23. The number of carbonyl (C=O) groups excluding carboxylic acids is 1. The molecule has 0 bridgehead atoms. The highest BCUT2D eigenvalue weighted by Gasteiger charge is 2.12. The van der Waals surface area contributed by atoms with Gasteiger partial charge in [0.1, 0.15) is 7.85 Å². The van der Waals surface area contributed by atoms with Gasteiger partial charge in [-0.1, -0.05) is 11.5 Å². The molecule has 0 fully saturated rings. The number of carbonyl (C=O) groups is 1. The average molecular weight is 187 g/mol. The third-order valence-corrected chi connectivity index (χ3v) is 2.75. The van der Waals surface area contributed by atoms with Crippen LogP contribution < -0.4 is 10.8 Å². The maximum absolute atomic E-state index is 11.0. The molecule has 1 aromatic rings. The first-order valence-corrected chi connectivity index (χ1v) is 5.07. The van der Waals surface area contributed by atoms with Crippen LogP contribution in [-0.2, 0) is 17.6 Å². The fourth-order valence-corrected chi connectivity index (χ4v) is 2.07. The molecule has 0 aliphatic heterocycles. The van der Waals surface area contributed by atoms with Gasteiger partial charge in [0.2, 0.25) is 5.91 Å². The Morgan fingerprint density at radius 1 is 1.36 bits per heavy atom. The number of rotatable bonds is 1. The van der Waals surface area contributed by atoms with Gasteiger partial charge in [0.25, 0.3) is 0 Å². The lowest BCUT2D eigenvalue weighted by Gasteiger charge is -2.09. The quantitative estimate of drug-likeness (QED) is 0.633. The molecule has 1 aliphatic rings. The van der Waals surface area contributed by atoms with Gasteiger partial charge in [-0.3, -0.25) is 4.79 Å². The summed E-state index contributed by atoms with van der Waals surface area (Å²) in [6.45, 7) is 1.55. The van der Waals surface area contributed by atoms with E-state index in [9.17, 15) is 4.79 Å². The number of anilines is 1. The van der Waals surface area contributed by atoms with Crippen molar-refractivity contribution in [2.75, 3.05) is 5.32 Å². The highest BCUT2D eigenvalue weighted by molar-refractivity contribution is 6.36. The Labute approximate surface area is 85.1 Å². The van der Waals surface area contributed by atoms with E-state index in [1.807, 2.05) is 7.85 Å². The van der Waals surface area contributed by atoms with Crippen molar-refractivity contribution in [2.24, 2.45) is 0 Å². The number of amides is 1. The van der Waals surface area contributed by atoms with Crippen LogP contribution in [0.5, 0.6) is 0 Å². The van der Waals surface area contributed by atoms with E-state index < -0.39 is 0 Å². The van der Waals surface area contributed by atoms with Crippen LogP contribution in [0.1, 0.15) is 24.5 Å². The fraction of sp³-hybridized carbons (Fsp3) is 0.364. The molecule has 72 valence electrons. The number of benzene rings is 1. The molecule has 0 spiro atoms. The molecule has 0 saturated carbocycles. The molecule has 1 N–H and O–H groups in total. The van der Waals surface area contributed by atoms with Crippen LogP contribution in [0.15, 0.2) is 12.1 Å². The number of fused-ring (bicyclic) bond motifs is 1. The Morgan fingerprint density at radius 2 is 2.00 bits per heavy atom. The molecule has 14 heavy (non-hydrogen) atoms. The smallest absolute Gasteiger partial charge is 0.221 e. The van der Waals surface area contributed by atoms with E-state index in [2.05, 4.69) is 17.4 Å². The van der Waals surface area contributed by atoms with Gasteiger partial charge in [-0.25, -0.2) is 0 Å². The summed E-state index contributed by atoms with van der Waals surface area (Å²) in [5.74, 6) is 0.00560. The van der Waals surface area contributed by atoms with Crippen molar-refractivity contribution in [2.45, 2.75) is 26.2 Å². The van der Waals surface area contributed by atoms with E-state index in [1.165, 1.54) is 29.4 Å². The zero-order valence-electron chi connectivity index (χ0n) is 8.68. The number of hydrogen-bond acceptors (Lipinski definition) is 1. The van der Waals surface area contributed by atoms with Crippen molar-refractivity contribution in [1.29, 1.82) is 0 Å². The van der Waals surface area contributed by atoms with Gasteiger partial charge in [0.15, 0.2) is 0 Å². The van der Waals surface area contributed by atoms with E-state index in [1.54, 1.807) is 6.92 Å². The highest BCUT2D eigenvalue weighted by atomic mass is 16.1. The molecular weight excluding hydrogens is 173 g/mol. The van der Waals surface area contributed by atoms with E-state index in [0.29, 0.717) is 0 Å². The van der Waals surface area contributed by atoms with Crippen LogP contribution in [0.3, 0.4) is 0 Å². The van der Waals surface area contributed by atoms with Crippen molar-refractivity contribution >= 4 is 24.9 Å². The zero-order chi connectivity index (χ0) is 10.1. The summed E-state index contributed by atoms with van der Waals surface area (Å²) in [6, 6.07) is 4.33. The Hall–Kier alpha value is -1.25. The van der Waals surface area contributed by atoms with Gasteiger partial charge < -0.3 is 5.32 Å². The molecular formula is C11H14BNO. The minimum Gasteiger partial charge on any atom is -0.327 e. The minimum atomic E-state index is 0.00560. The van der Waals surface area contributed by atoms with Crippen LogP contribution in [0.4, 0.5) is 5.69 Å². The van der Waals surface area contributed by atoms with Crippen molar-refractivity contribution in [3.8, 4) is 0 Å². The molecule has 0 atom stereocenters. The summed E-state index contributed by atoms with van der Waals surface area (Å²) in [5.41, 5.74) is 5.00. The van der Waals surface area contributed by atoms with Crippen molar-refractivity contribution in [1.82, 2.24) is 0 Å². The second-order valence-electron chi connectivity index (χ2n) is 3.97. The molecule has 3 heteroatoms. The second-order valence-corrected chi connectivity index (χ2v) is 3.97. The van der Waals surface area contributed by atoms with E-state index in [4.69, 9.17) is 0 Å². The number of hydrogen-bond donors (Lipinski definition) is 1. The third kappa shape index (κ3) is 1.67. The second kappa shape index (κ2) is 3.48. The SMILES string of the molecule is Bc1cc2c(cc1NC(C)=O)CCC2. The van der Waals surface area contributed by atoms with Crippen LogP contribution in [0.25, 0.3) is 0 Å². The lowest BCUT2D eigenvalue weighted by Crippen LogP contribution is -2.16. The summed E-state index contributed by atoms with van der Waals surface area (Å²) in [5, 5.41) is 2.86. The summed E-state index contributed by atoms with van der Waals surface area (Å²) < 4.78 is 0. The molecule has 0 saturated heterocycles. The van der Waals surface area contributed by atoms with Gasteiger partial charge in [-0.2, -0.15) is 0 Å². The fourth-order valence-electron chi connectivity index (χ4n) is 2.07. The first-order chi connectivity index (χ1) is 6.66. The predicted molar refractivity (Wildman–Crippen MR) is 60.9 cm³/mol. The van der Waals surface area contributed by atoms with Crippen LogP contribution >= 0.6 is 0 Å². The molecule has 2 nitrogen and oxygen atoms in total. The Bertz CT molecular complexity index is 387. The standard InChI is InChI=1S/C11H14BNO/c1-7(14)13-11-6-9-4-2-3-8(9)5-10(11)12/h5-6H,2-4,12H2,1H3,(H,13,14). The Kier molecular flexibility index (Phi) is 2.32. The van der Waals surface area contributed by atoms with Crippen molar-refractivity contribution in [3.05, 3.63) is 23.3 Å². The maximum Gasteiger partial charge on any atom is 0.221 e. The van der Waals surface area contributed by atoms with Gasteiger partial charge in [-0.15, -0.1) is 0 Å². The lowest BCUT2D eigenvalue weighted by atomic mass is 9.90.